The molecule has 1 aliphatic heterocycles. The summed E-state index contributed by atoms with van der Waals surface area (Å²) in [6, 6.07) is 11.5. The van der Waals surface area contributed by atoms with Crippen LogP contribution in [0.3, 0.4) is 0 Å². The number of aryl methyl sites for hydroxylation is 1. The predicted molar refractivity (Wildman–Crippen MR) is 116 cm³/mol. The van der Waals surface area contributed by atoms with E-state index in [0.29, 0.717) is 17.1 Å². The Hall–Kier alpha value is -2.40. The number of methoxy groups -OCH3 is 2. The molecule has 1 amide bonds. The second-order valence-corrected chi connectivity index (χ2v) is 9.38. The van der Waals surface area contributed by atoms with Crippen LogP contribution in [0.15, 0.2) is 52.3 Å². The molecule has 3 rings (SSSR count). The minimum Gasteiger partial charge on any atom is -0.493 e. The zero-order chi connectivity index (χ0) is 21.2. The number of nitrogens with zero attached hydrogens (tertiary/aromatic N) is 1. The molecular formula is C19H18N2O5S3. The topological polar surface area (TPSA) is 84.9 Å². The van der Waals surface area contributed by atoms with E-state index < -0.39 is 15.9 Å². The minimum absolute atomic E-state index is 0.0426. The molecule has 0 aromatic heterocycles. The molecule has 7 nitrogen and oxygen atoms in total. The van der Waals surface area contributed by atoms with Crippen molar-refractivity contribution in [3.05, 3.63) is 58.5 Å². The molecule has 0 aliphatic carbocycles. The van der Waals surface area contributed by atoms with Gasteiger partial charge in [-0.05, 0) is 42.8 Å². The van der Waals surface area contributed by atoms with E-state index in [4.69, 9.17) is 21.7 Å². The van der Waals surface area contributed by atoms with Crippen LogP contribution in [0.1, 0.15) is 11.1 Å². The van der Waals surface area contributed by atoms with Gasteiger partial charge in [-0.3, -0.25) is 4.79 Å². The lowest BCUT2D eigenvalue weighted by Gasteiger charge is -2.16. The van der Waals surface area contributed by atoms with Gasteiger partial charge in [0.25, 0.3) is 15.9 Å². The second kappa shape index (κ2) is 8.54. The number of sulfonamides is 1. The van der Waals surface area contributed by atoms with E-state index >= 15 is 0 Å². The van der Waals surface area contributed by atoms with Crippen LogP contribution in [0, 0.1) is 6.92 Å². The Bertz CT molecular complexity index is 1100. The summed E-state index contributed by atoms with van der Waals surface area (Å²) in [4.78, 5) is 15.3. The van der Waals surface area contributed by atoms with Gasteiger partial charge in [0.1, 0.15) is 0 Å². The van der Waals surface area contributed by atoms with Crippen LogP contribution < -0.4 is 14.3 Å². The summed E-state index contributed by atoms with van der Waals surface area (Å²) in [5, 5.41) is 0.863. The van der Waals surface area contributed by atoms with Crippen molar-refractivity contribution in [2.45, 2.75) is 11.8 Å². The Morgan fingerprint density at radius 2 is 1.72 bits per heavy atom. The van der Waals surface area contributed by atoms with Crippen molar-refractivity contribution in [2.75, 3.05) is 14.2 Å². The van der Waals surface area contributed by atoms with Crippen LogP contribution in [0.2, 0.25) is 0 Å². The van der Waals surface area contributed by atoms with Crippen molar-refractivity contribution in [1.82, 2.24) is 9.84 Å². The molecule has 1 heterocycles. The van der Waals surface area contributed by atoms with E-state index in [1.165, 1.54) is 26.4 Å². The summed E-state index contributed by atoms with van der Waals surface area (Å²) in [7, 11) is -0.906. The maximum Gasteiger partial charge on any atom is 0.281 e. The van der Waals surface area contributed by atoms with Crippen LogP contribution in [0.5, 0.6) is 11.5 Å². The van der Waals surface area contributed by atoms with E-state index in [1.54, 1.807) is 36.4 Å². The zero-order valence-corrected chi connectivity index (χ0v) is 18.3. The molecule has 0 radical (unpaired) electrons. The number of amides is 1. The van der Waals surface area contributed by atoms with Crippen molar-refractivity contribution in [3.8, 4) is 11.5 Å². The lowest BCUT2D eigenvalue weighted by atomic mass is 10.2. The summed E-state index contributed by atoms with van der Waals surface area (Å²) in [6.45, 7) is 1.85. The largest absolute Gasteiger partial charge is 0.493 e. The van der Waals surface area contributed by atoms with Crippen LogP contribution in [0.25, 0.3) is 6.08 Å². The lowest BCUT2D eigenvalue weighted by Crippen LogP contribution is -2.44. The number of carbonyl (C=O) groups is 1. The normalized spacial score (nSPS) is 15.8. The van der Waals surface area contributed by atoms with Crippen molar-refractivity contribution < 1.29 is 22.7 Å². The van der Waals surface area contributed by atoms with Crippen molar-refractivity contribution in [3.63, 3.8) is 0 Å². The van der Waals surface area contributed by atoms with Crippen LogP contribution in [-0.4, -0.2) is 37.9 Å². The highest BCUT2D eigenvalue weighted by Crippen LogP contribution is 2.34. The Labute approximate surface area is 178 Å². The third-order valence-electron chi connectivity index (χ3n) is 4.04. The minimum atomic E-state index is -3.95. The number of carbonyl (C=O) groups excluding carboxylic acids is 1. The van der Waals surface area contributed by atoms with E-state index in [9.17, 15) is 13.2 Å². The highest BCUT2D eigenvalue weighted by Gasteiger charge is 2.35. The number of hydrazine groups is 1. The number of ether oxygens (including phenoxy) is 2. The Morgan fingerprint density at radius 1 is 1.07 bits per heavy atom. The number of rotatable bonds is 6. The number of benzene rings is 2. The van der Waals surface area contributed by atoms with Crippen molar-refractivity contribution in [1.29, 1.82) is 0 Å². The molecule has 2 aromatic carbocycles. The Balaban J connectivity index is 1.84. The maximum atomic E-state index is 12.7. The fourth-order valence-corrected chi connectivity index (χ4v) is 4.84. The monoisotopic (exact) mass is 450 g/mol. The second-order valence-electron chi connectivity index (χ2n) is 6.04. The quantitative estimate of drug-likeness (QED) is 0.535. The number of thioether (sulfide) groups is 1. The van der Waals surface area contributed by atoms with Crippen LogP contribution >= 0.6 is 24.0 Å². The van der Waals surface area contributed by atoms with Gasteiger partial charge >= 0.3 is 0 Å². The fourth-order valence-electron chi connectivity index (χ4n) is 2.53. The van der Waals surface area contributed by atoms with Gasteiger partial charge in [-0.1, -0.05) is 47.7 Å². The number of thiocarbonyl (C=S) groups is 1. The molecule has 29 heavy (non-hydrogen) atoms. The molecule has 1 N–H and O–H groups in total. The zero-order valence-electron chi connectivity index (χ0n) is 15.8. The number of hydrogen-bond acceptors (Lipinski definition) is 7. The molecule has 0 unspecified atom stereocenters. The standard InChI is InChI=1S/C19H18N2O5S3/c1-12-4-7-14(8-5-12)29(23,24)20-21-18(22)17(28-19(21)27)11-13-6-9-15(25-2)16(10-13)26-3/h4-11,20H,1-3H3/b17-11-. The summed E-state index contributed by atoms with van der Waals surface area (Å²) < 4.78 is 35.7. The smallest absolute Gasteiger partial charge is 0.281 e. The molecule has 10 heteroatoms. The van der Waals surface area contributed by atoms with Crippen LogP contribution in [-0.2, 0) is 14.8 Å². The Morgan fingerprint density at radius 3 is 2.34 bits per heavy atom. The summed E-state index contributed by atoms with van der Waals surface area (Å²) in [5.74, 6) is 0.519. The average molecular weight is 451 g/mol. The molecule has 2 aromatic rings. The highest BCUT2D eigenvalue weighted by molar-refractivity contribution is 8.26. The van der Waals surface area contributed by atoms with E-state index in [2.05, 4.69) is 4.83 Å². The fraction of sp³-hybridized carbons (Fsp3) is 0.158. The van der Waals surface area contributed by atoms with E-state index in [-0.39, 0.29) is 14.1 Å². The molecule has 0 atom stereocenters. The Kier molecular flexibility index (Phi) is 6.27. The summed E-state index contributed by atoms with van der Waals surface area (Å²) >= 11 is 6.20. The molecule has 0 spiro atoms. The SMILES string of the molecule is COc1ccc(/C=C2\SC(=S)N(NS(=O)(=O)c3ccc(C)cc3)C2=O)cc1OC. The van der Waals surface area contributed by atoms with Gasteiger partial charge in [0, 0.05) is 0 Å². The van der Waals surface area contributed by atoms with Gasteiger partial charge in [-0.2, -0.15) is 0 Å². The van der Waals surface area contributed by atoms with Gasteiger partial charge in [0.2, 0.25) is 0 Å². The van der Waals surface area contributed by atoms with E-state index in [1.807, 2.05) is 6.92 Å². The van der Waals surface area contributed by atoms with Gasteiger partial charge in [0.05, 0.1) is 24.0 Å². The third kappa shape index (κ3) is 4.61. The number of hydrogen-bond donors (Lipinski definition) is 1. The van der Waals surface area contributed by atoms with Crippen LogP contribution in [0.4, 0.5) is 0 Å². The van der Waals surface area contributed by atoms with Gasteiger partial charge in [-0.25, -0.2) is 13.4 Å². The summed E-state index contributed by atoms with van der Waals surface area (Å²) in [6.07, 6.45) is 1.61. The highest BCUT2D eigenvalue weighted by atomic mass is 32.2. The molecule has 0 saturated carbocycles. The molecule has 1 saturated heterocycles. The third-order valence-corrected chi connectivity index (χ3v) is 6.66. The molecule has 152 valence electrons. The first-order valence-corrected chi connectivity index (χ1v) is 11.0. The molecular weight excluding hydrogens is 432 g/mol. The first-order valence-electron chi connectivity index (χ1n) is 8.34. The first-order chi connectivity index (χ1) is 13.7. The van der Waals surface area contributed by atoms with Crippen molar-refractivity contribution in [2.24, 2.45) is 0 Å². The maximum absolute atomic E-state index is 12.7. The molecule has 1 fully saturated rings. The van der Waals surface area contributed by atoms with Gasteiger partial charge in [-0.15, -0.1) is 4.83 Å². The predicted octanol–water partition coefficient (Wildman–Crippen LogP) is 3.11. The molecule has 1 aliphatic rings. The average Bonchev–Trinajstić information content (AvgIpc) is 2.95. The van der Waals surface area contributed by atoms with Gasteiger partial charge < -0.3 is 9.47 Å². The lowest BCUT2D eigenvalue weighted by molar-refractivity contribution is -0.123. The molecule has 0 bridgehead atoms. The number of nitrogens with one attached hydrogen (secondary N) is 1. The first kappa shape index (κ1) is 21.3. The van der Waals surface area contributed by atoms with Crippen molar-refractivity contribution >= 4 is 50.3 Å². The van der Waals surface area contributed by atoms with E-state index in [0.717, 1.165) is 22.3 Å². The summed E-state index contributed by atoms with van der Waals surface area (Å²) in [5.41, 5.74) is 1.61. The van der Waals surface area contributed by atoms with Gasteiger partial charge in [0.15, 0.2) is 15.8 Å².